The van der Waals surface area contributed by atoms with E-state index in [2.05, 4.69) is 5.32 Å². The molecule has 0 aromatic heterocycles. The van der Waals surface area contributed by atoms with Gasteiger partial charge in [-0.25, -0.2) is 8.78 Å². The van der Waals surface area contributed by atoms with Gasteiger partial charge in [-0.1, -0.05) is 0 Å². The van der Waals surface area contributed by atoms with Crippen LogP contribution in [0.25, 0.3) is 0 Å². The summed E-state index contributed by atoms with van der Waals surface area (Å²) in [5.41, 5.74) is 0.505. The average molecular weight is 363 g/mol. The predicted molar refractivity (Wildman–Crippen MR) is 92.6 cm³/mol. The maximum Gasteiger partial charge on any atom is 0.228 e. The van der Waals surface area contributed by atoms with Crippen LogP contribution in [-0.4, -0.2) is 49.4 Å². The smallest absolute Gasteiger partial charge is 0.228 e. The van der Waals surface area contributed by atoms with Gasteiger partial charge in [-0.15, -0.1) is 0 Å². The number of benzene rings is 1. The van der Waals surface area contributed by atoms with E-state index in [1.54, 1.807) is 0 Å². The Morgan fingerprint density at radius 2 is 1.81 bits per heavy atom. The van der Waals surface area contributed by atoms with Gasteiger partial charge in [-0.2, -0.15) is 0 Å². The van der Waals surface area contributed by atoms with Crippen LogP contribution in [-0.2, 0) is 9.59 Å². The fraction of sp³-hybridized carbons (Fsp3) is 0.579. The SMILES string of the molecule is O=C(C1CC(=O)N(c2cc(F)cc(F)c2)C1)N1CCC2(CCNC2)CC1. The molecule has 1 aromatic rings. The van der Waals surface area contributed by atoms with Gasteiger partial charge < -0.3 is 15.1 Å². The minimum atomic E-state index is -0.728. The number of hydrogen-bond donors (Lipinski definition) is 1. The molecule has 2 amide bonds. The number of anilines is 1. The summed E-state index contributed by atoms with van der Waals surface area (Å²) in [6, 6.07) is 3.03. The van der Waals surface area contributed by atoms with Crippen LogP contribution in [0.2, 0.25) is 0 Å². The van der Waals surface area contributed by atoms with Crippen LogP contribution in [0.4, 0.5) is 14.5 Å². The minimum Gasteiger partial charge on any atom is -0.342 e. The molecule has 0 bridgehead atoms. The molecule has 3 aliphatic heterocycles. The molecule has 0 saturated carbocycles. The Morgan fingerprint density at radius 1 is 1.12 bits per heavy atom. The number of halogens is 2. The summed E-state index contributed by atoms with van der Waals surface area (Å²) >= 11 is 0. The molecule has 3 saturated heterocycles. The van der Waals surface area contributed by atoms with Crippen molar-refractivity contribution in [2.75, 3.05) is 37.6 Å². The fourth-order valence-corrected chi connectivity index (χ4v) is 4.50. The zero-order valence-corrected chi connectivity index (χ0v) is 14.6. The molecule has 1 N–H and O–H groups in total. The Bertz CT molecular complexity index is 703. The number of rotatable bonds is 2. The summed E-state index contributed by atoms with van der Waals surface area (Å²) in [6.45, 7) is 3.70. The van der Waals surface area contributed by atoms with Crippen LogP contribution in [0, 0.1) is 23.0 Å². The molecule has 5 nitrogen and oxygen atoms in total. The van der Waals surface area contributed by atoms with Gasteiger partial charge in [0.1, 0.15) is 11.6 Å². The first-order chi connectivity index (χ1) is 12.5. The quantitative estimate of drug-likeness (QED) is 0.874. The molecule has 1 atom stereocenters. The van der Waals surface area contributed by atoms with E-state index in [4.69, 9.17) is 0 Å². The lowest BCUT2D eigenvalue weighted by Crippen LogP contribution is -2.46. The van der Waals surface area contributed by atoms with Gasteiger partial charge >= 0.3 is 0 Å². The minimum absolute atomic E-state index is 0.0152. The second-order valence-electron chi connectivity index (χ2n) is 7.79. The van der Waals surface area contributed by atoms with Crippen molar-refractivity contribution in [3.05, 3.63) is 29.8 Å². The zero-order valence-electron chi connectivity index (χ0n) is 14.6. The summed E-state index contributed by atoms with van der Waals surface area (Å²) < 4.78 is 26.9. The topological polar surface area (TPSA) is 52.7 Å². The fourth-order valence-electron chi connectivity index (χ4n) is 4.50. The molecule has 7 heteroatoms. The molecule has 1 aromatic carbocycles. The first kappa shape index (κ1) is 17.4. The Balaban J connectivity index is 1.41. The van der Waals surface area contributed by atoms with E-state index in [-0.39, 0.29) is 30.5 Å². The molecule has 1 spiro atoms. The maximum atomic E-state index is 13.4. The van der Waals surface area contributed by atoms with E-state index in [1.165, 1.54) is 4.90 Å². The predicted octanol–water partition coefficient (Wildman–Crippen LogP) is 1.92. The third-order valence-electron chi connectivity index (χ3n) is 6.10. The van der Waals surface area contributed by atoms with Crippen LogP contribution < -0.4 is 10.2 Å². The maximum absolute atomic E-state index is 13.4. The van der Waals surface area contributed by atoms with Crippen molar-refractivity contribution in [1.82, 2.24) is 10.2 Å². The van der Waals surface area contributed by atoms with E-state index < -0.39 is 17.6 Å². The molecule has 0 aliphatic carbocycles. The number of carbonyl (C=O) groups is 2. The van der Waals surface area contributed by atoms with Crippen molar-refractivity contribution >= 4 is 17.5 Å². The van der Waals surface area contributed by atoms with Crippen LogP contribution in [0.3, 0.4) is 0 Å². The van der Waals surface area contributed by atoms with Gasteiger partial charge in [0.25, 0.3) is 0 Å². The molecule has 26 heavy (non-hydrogen) atoms. The van der Waals surface area contributed by atoms with Crippen molar-refractivity contribution in [2.24, 2.45) is 11.3 Å². The molecule has 3 heterocycles. The monoisotopic (exact) mass is 363 g/mol. The lowest BCUT2D eigenvalue weighted by molar-refractivity contribution is -0.137. The zero-order chi connectivity index (χ0) is 18.3. The van der Waals surface area contributed by atoms with Gasteiger partial charge in [0, 0.05) is 44.4 Å². The van der Waals surface area contributed by atoms with Crippen molar-refractivity contribution in [2.45, 2.75) is 25.7 Å². The first-order valence-corrected chi connectivity index (χ1v) is 9.22. The second-order valence-corrected chi connectivity index (χ2v) is 7.79. The van der Waals surface area contributed by atoms with E-state index in [9.17, 15) is 18.4 Å². The first-order valence-electron chi connectivity index (χ1n) is 9.22. The molecular formula is C19H23F2N3O2. The Morgan fingerprint density at radius 3 is 2.42 bits per heavy atom. The lowest BCUT2D eigenvalue weighted by Gasteiger charge is -2.39. The van der Waals surface area contributed by atoms with Crippen molar-refractivity contribution < 1.29 is 18.4 Å². The van der Waals surface area contributed by atoms with Crippen LogP contribution in [0.5, 0.6) is 0 Å². The number of piperidine rings is 1. The molecule has 1 unspecified atom stereocenters. The van der Waals surface area contributed by atoms with Crippen LogP contribution in [0.1, 0.15) is 25.7 Å². The summed E-state index contributed by atoms with van der Waals surface area (Å²) in [5, 5.41) is 3.40. The standard InChI is InChI=1S/C19H23F2N3O2/c20-14-8-15(21)10-16(9-14)24-11-13(7-17(24)25)18(26)23-5-2-19(3-6-23)1-4-22-12-19/h8-10,13,22H,1-7,11-12H2. The summed E-state index contributed by atoms with van der Waals surface area (Å²) in [6.07, 6.45) is 3.24. The molecular weight excluding hydrogens is 340 g/mol. The van der Waals surface area contributed by atoms with E-state index >= 15 is 0 Å². The molecule has 4 rings (SSSR count). The highest BCUT2D eigenvalue weighted by molar-refractivity contribution is 6.00. The third-order valence-corrected chi connectivity index (χ3v) is 6.10. The Kier molecular flexibility index (Phi) is 4.42. The second kappa shape index (κ2) is 6.61. The number of nitrogens with zero attached hydrogens (tertiary/aromatic N) is 2. The summed E-state index contributed by atoms with van der Waals surface area (Å²) in [7, 11) is 0. The Labute approximate surface area is 151 Å². The highest BCUT2D eigenvalue weighted by Gasteiger charge is 2.42. The normalized spacial score (nSPS) is 25.3. The van der Waals surface area contributed by atoms with Crippen LogP contribution in [0.15, 0.2) is 18.2 Å². The van der Waals surface area contributed by atoms with Crippen LogP contribution >= 0.6 is 0 Å². The molecule has 3 aliphatic rings. The lowest BCUT2D eigenvalue weighted by atomic mass is 9.77. The van der Waals surface area contributed by atoms with Gasteiger partial charge in [0.05, 0.1) is 5.92 Å². The van der Waals surface area contributed by atoms with Crippen molar-refractivity contribution in [1.29, 1.82) is 0 Å². The van der Waals surface area contributed by atoms with Crippen molar-refractivity contribution in [3.8, 4) is 0 Å². The van der Waals surface area contributed by atoms with E-state index in [0.29, 0.717) is 5.41 Å². The number of amides is 2. The van der Waals surface area contributed by atoms with Gasteiger partial charge in [-0.05, 0) is 43.4 Å². The summed E-state index contributed by atoms with van der Waals surface area (Å²) in [4.78, 5) is 28.3. The van der Waals surface area contributed by atoms with E-state index in [1.807, 2.05) is 4.90 Å². The van der Waals surface area contributed by atoms with Gasteiger partial charge in [0.2, 0.25) is 11.8 Å². The summed E-state index contributed by atoms with van der Waals surface area (Å²) in [5.74, 6) is -2.17. The molecule has 3 fully saturated rings. The third kappa shape index (κ3) is 3.20. The average Bonchev–Trinajstić information content (AvgIpc) is 3.21. The molecule has 140 valence electrons. The van der Waals surface area contributed by atoms with Crippen molar-refractivity contribution in [3.63, 3.8) is 0 Å². The number of likely N-dealkylation sites (tertiary alicyclic amines) is 1. The molecule has 0 radical (unpaired) electrons. The Hall–Kier alpha value is -2.02. The largest absolute Gasteiger partial charge is 0.342 e. The highest BCUT2D eigenvalue weighted by Crippen LogP contribution is 2.38. The number of hydrogen-bond acceptors (Lipinski definition) is 3. The van der Waals surface area contributed by atoms with E-state index in [0.717, 1.165) is 63.6 Å². The highest BCUT2D eigenvalue weighted by atomic mass is 19.1. The number of nitrogens with one attached hydrogen (secondary N) is 1. The number of carbonyl (C=O) groups excluding carboxylic acids is 2. The van der Waals surface area contributed by atoms with Gasteiger partial charge in [0.15, 0.2) is 0 Å². The van der Waals surface area contributed by atoms with Gasteiger partial charge in [-0.3, -0.25) is 9.59 Å².